The zero-order valence-electron chi connectivity index (χ0n) is 13.9. The van der Waals surface area contributed by atoms with Crippen molar-refractivity contribution in [3.63, 3.8) is 0 Å². The first-order valence-electron chi connectivity index (χ1n) is 7.68. The van der Waals surface area contributed by atoms with Gasteiger partial charge < -0.3 is 9.64 Å². The second-order valence-electron chi connectivity index (χ2n) is 7.33. The summed E-state index contributed by atoms with van der Waals surface area (Å²) in [5.74, 6) is -3.14. The Bertz CT molecular complexity index is 574. The van der Waals surface area contributed by atoms with Crippen LogP contribution in [-0.2, 0) is 14.8 Å². The Kier molecular flexibility index (Phi) is 4.67. The Morgan fingerprint density at radius 1 is 1.30 bits per heavy atom. The number of hydrogen-bond donors (Lipinski definition) is 0. The van der Waals surface area contributed by atoms with E-state index < -0.39 is 51.9 Å². The van der Waals surface area contributed by atoms with Crippen molar-refractivity contribution in [1.29, 1.82) is 0 Å². The molecule has 6 nitrogen and oxygen atoms in total. The van der Waals surface area contributed by atoms with Gasteiger partial charge in [0.15, 0.2) is 0 Å². The second-order valence-corrected chi connectivity index (χ2v) is 9.63. The topological polar surface area (TPSA) is 66.9 Å². The van der Waals surface area contributed by atoms with E-state index in [9.17, 15) is 22.0 Å². The summed E-state index contributed by atoms with van der Waals surface area (Å²) in [5.41, 5.74) is -0.798. The van der Waals surface area contributed by atoms with Gasteiger partial charge in [-0.3, -0.25) is 0 Å². The smallest absolute Gasteiger partial charge is 0.410 e. The van der Waals surface area contributed by atoms with Crippen molar-refractivity contribution >= 4 is 16.1 Å². The fraction of sp³-hybridized carbons (Fsp3) is 0.929. The van der Waals surface area contributed by atoms with Crippen LogP contribution in [0, 0.1) is 0 Å². The first-order chi connectivity index (χ1) is 10.3. The van der Waals surface area contributed by atoms with Crippen molar-refractivity contribution in [2.24, 2.45) is 0 Å². The lowest BCUT2D eigenvalue weighted by Crippen LogP contribution is -2.57. The first-order valence-corrected chi connectivity index (χ1v) is 9.18. The van der Waals surface area contributed by atoms with E-state index in [0.717, 1.165) is 9.21 Å². The molecule has 1 unspecified atom stereocenters. The van der Waals surface area contributed by atoms with E-state index in [1.165, 1.54) is 0 Å². The minimum Gasteiger partial charge on any atom is -0.444 e. The Labute approximate surface area is 135 Å². The number of likely N-dealkylation sites (tertiary alicyclic amines) is 1. The third-order valence-electron chi connectivity index (χ3n) is 4.04. The number of carbonyl (C=O) groups excluding carboxylic acids is 1. The number of rotatable bonds is 1. The maximum Gasteiger partial charge on any atom is 0.410 e. The highest BCUT2D eigenvalue weighted by atomic mass is 32.2. The molecule has 2 heterocycles. The second kappa shape index (κ2) is 5.84. The summed E-state index contributed by atoms with van der Waals surface area (Å²) in [4.78, 5) is 13.0. The van der Waals surface area contributed by atoms with E-state index in [1.807, 2.05) is 0 Å². The van der Waals surface area contributed by atoms with Crippen molar-refractivity contribution in [1.82, 2.24) is 9.21 Å². The zero-order chi connectivity index (χ0) is 17.6. The van der Waals surface area contributed by atoms with Crippen molar-refractivity contribution < 1.29 is 26.7 Å². The predicted molar refractivity (Wildman–Crippen MR) is 80.9 cm³/mol. The maximum absolute atomic E-state index is 14.0. The molecule has 2 aliphatic heterocycles. The average Bonchev–Trinajstić information content (AvgIpc) is 2.60. The van der Waals surface area contributed by atoms with Crippen molar-refractivity contribution in [3.8, 4) is 0 Å². The molecule has 2 aliphatic rings. The fourth-order valence-electron chi connectivity index (χ4n) is 2.94. The summed E-state index contributed by atoms with van der Waals surface area (Å²) in [7, 11) is -3.58. The highest BCUT2D eigenvalue weighted by molar-refractivity contribution is 7.90. The van der Waals surface area contributed by atoms with Gasteiger partial charge >= 0.3 is 6.09 Å². The van der Waals surface area contributed by atoms with Crippen molar-refractivity contribution in [2.75, 3.05) is 19.6 Å². The molecule has 2 rings (SSSR count). The number of halogens is 2. The molecule has 2 fully saturated rings. The molecule has 2 atom stereocenters. The van der Waals surface area contributed by atoms with Gasteiger partial charge in [-0.1, -0.05) is 0 Å². The first kappa shape index (κ1) is 18.4. The van der Waals surface area contributed by atoms with Gasteiger partial charge in [-0.05, 0) is 34.1 Å². The number of carbonyl (C=O) groups is 1. The molecule has 0 saturated carbocycles. The van der Waals surface area contributed by atoms with Crippen LogP contribution in [0.3, 0.4) is 0 Å². The number of alkyl halides is 2. The predicted octanol–water partition coefficient (Wildman–Crippen LogP) is 2.06. The standard InChI is InChI=1S/C14H24F2N2O4S/c1-10-5-6-18(23(10,20)21)11-7-14(15,16)9-17(8-11)12(19)22-13(2,3)4/h10-11H,5-9H2,1-4H3/t10?,11-/m1/s1. The zero-order valence-corrected chi connectivity index (χ0v) is 14.7. The quantitative estimate of drug-likeness (QED) is 0.723. The summed E-state index contributed by atoms with van der Waals surface area (Å²) in [6.45, 7) is 5.91. The number of sulfonamides is 1. The molecule has 0 aromatic heterocycles. The molecule has 23 heavy (non-hydrogen) atoms. The summed E-state index contributed by atoms with van der Waals surface area (Å²) < 4.78 is 58.8. The lowest BCUT2D eigenvalue weighted by molar-refractivity contribution is -0.0861. The number of piperidine rings is 1. The Morgan fingerprint density at radius 3 is 2.39 bits per heavy atom. The normalized spacial score (nSPS) is 31.1. The van der Waals surface area contributed by atoms with E-state index in [0.29, 0.717) is 6.42 Å². The molecule has 0 aromatic rings. The van der Waals surface area contributed by atoms with Gasteiger partial charge in [0, 0.05) is 25.6 Å². The van der Waals surface area contributed by atoms with Crippen LogP contribution in [0.4, 0.5) is 13.6 Å². The largest absolute Gasteiger partial charge is 0.444 e. The van der Waals surface area contributed by atoms with E-state index >= 15 is 0 Å². The fourth-order valence-corrected chi connectivity index (χ4v) is 4.72. The number of amides is 1. The van der Waals surface area contributed by atoms with Gasteiger partial charge in [-0.2, -0.15) is 4.31 Å². The molecular formula is C14H24F2N2O4S. The summed E-state index contributed by atoms with van der Waals surface area (Å²) in [5, 5.41) is -0.576. The van der Waals surface area contributed by atoms with E-state index in [4.69, 9.17) is 4.74 Å². The van der Waals surface area contributed by atoms with Crippen molar-refractivity contribution in [3.05, 3.63) is 0 Å². The van der Waals surface area contributed by atoms with E-state index in [-0.39, 0.29) is 13.1 Å². The monoisotopic (exact) mass is 354 g/mol. The number of ether oxygens (including phenoxy) is 1. The molecule has 0 N–H and O–H groups in total. The lowest BCUT2D eigenvalue weighted by atomic mass is 10.0. The van der Waals surface area contributed by atoms with Crippen LogP contribution in [0.25, 0.3) is 0 Å². The van der Waals surface area contributed by atoms with Crippen LogP contribution < -0.4 is 0 Å². The summed E-state index contributed by atoms with van der Waals surface area (Å²) in [6, 6.07) is -0.916. The van der Waals surface area contributed by atoms with Crippen LogP contribution in [-0.4, -0.2) is 66.2 Å². The Hall–Kier alpha value is -0.960. The van der Waals surface area contributed by atoms with Crippen LogP contribution in [0.2, 0.25) is 0 Å². The molecule has 0 aromatic carbocycles. The molecule has 1 amide bonds. The average molecular weight is 354 g/mol. The molecule has 0 aliphatic carbocycles. The highest BCUT2D eigenvalue weighted by Gasteiger charge is 2.49. The van der Waals surface area contributed by atoms with Gasteiger partial charge in [0.25, 0.3) is 5.92 Å². The van der Waals surface area contributed by atoms with Gasteiger partial charge in [0.05, 0.1) is 11.8 Å². The highest BCUT2D eigenvalue weighted by Crippen LogP contribution is 2.34. The van der Waals surface area contributed by atoms with Gasteiger partial charge in [-0.25, -0.2) is 22.0 Å². The van der Waals surface area contributed by atoms with Crippen molar-refractivity contribution in [2.45, 2.75) is 63.4 Å². The third-order valence-corrected chi connectivity index (χ3v) is 6.43. The molecule has 134 valence electrons. The molecule has 0 radical (unpaired) electrons. The minimum atomic E-state index is -3.58. The third kappa shape index (κ3) is 4.12. The minimum absolute atomic E-state index is 0.0730. The van der Waals surface area contributed by atoms with Gasteiger partial charge in [-0.15, -0.1) is 0 Å². The van der Waals surface area contributed by atoms with Gasteiger partial charge in [0.1, 0.15) is 5.60 Å². The van der Waals surface area contributed by atoms with Crippen LogP contribution in [0.5, 0.6) is 0 Å². The summed E-state index contributed by atoms with van der Waals surface area (Å²) in [6.07, 6.45) is -0.999. The Morgan fingerprint density at radius 2 is 1.91 bits per heavy atom. The summed E-state index contributed by atoms with van der Waals surface area (Å²) >= 11 is 0. The Balaban J connectivity index is 2.18. The molecule has 0 bridgehead atoms. The molecule has 2 saturated heterocycles. The van der Waals surface area contributed by atoms with E-state index in [1.54, 1.807) is 27.7 Å². The molecular weight excluding hydrogens is 330 g/mol. The maximum atomic E-state index is 14.0. The van der Waals surface area contributed by atoms with Crippen LogP contribution in [0.15, 0.2) is 0 Å². The molecule has 0 spiro atoms. The molecule has 9 heteroatoms. The number of nitrogens with zero attached hydrogens (tertiary/aromatic N) is 2. The SMILES string of the molecule is CC1CCN([C@H]2CN(C(=O)OC(C)(C)C)CC(F)(F)C2)S1(=O)=O. The van der Waals surface area contributed by atoms with Gasteiger partial charge in [0.2, 0.25) is 10.0 Å². The number of hydrogen-bond acceptors (Lipinski definition) is 4. The van der Waals surface area contributed by atoms with Crippen LogP contribution in [0.1, 0.15) is 40.5 Å². The lowest BCUT2D eigenvalue weighted by Gasteiger charge is -2.40. The van der Waals surface area contributed by atoms with E-state index in [2.05, 4.69) is 0 Å². The van der Waals surface area contributed by atoms with Crippen LogP contribution >= 0.6 is 0 Å².